The molecule has 1 aliphatic rings. The molecule has 0 saturated heterocycles. The largest absolute Gasteiger partial charge is 0.254 e. The summed E-state index contributed by atoms with van der Waals surface area (Å²) in [6.45, 7) is 0. The molecule has 0 unspecified atom stereocenters. The Labute approximate surface area is 364 Å². The number of pyridine rings is 3. The zero-order valence-electron chi connectivity index (χ0n) is 34.2. The quantitative estimate of drug-likeness (QED) is 0.163. The van der Waals surface area contributed by atoms with Crippen LogP contribution in [0.1, 0.15) is 22.3 Å². The molecule has 0 aliphatic heterocycles. The lowest BCUT2D eigenvalue weighted by Crippen LogP contribution is -2.28. The maximum Gasteiger partial charge on any atom is 0.0970 e. The number of benzene rings is 9. The molecule has 0 saturated carbocycles. The number of fused-ring (bicyclic) bond motifs is 10. The van der Waals surface area contributed by atoms with Gasteiger partial charge in [-0.3, -0.25) is 9.97 Å². The molecule has 1 aliphatic carbocycles. The van der Waals surface area contributed by atoms with Crippen LogP contribution in [0, 0.1) is 0 Å². The molecule has 0 amide bonds. The molecule has 3 aromatic heterocycles. The number of nitrogens with zero attached hydrogens (tertiary/aromatic N) is 3. The van der Waals surface area contributed by atoms with Gasteiger partial charge >= 0.3 is 0 Å². The predicted molar refractivity (Wildman–Crippen MR) is 261 cm³/mol. The van der Waals surface area contributed by atoms with E-state index in [9.17, 15) is 0 Å². The van der Waals surface area contributed by atoms with Crippen molar-refractivity contribution in [1.29, 1.82) is 0 Å². The van der Waals surface area contributed by atoms with Crippen LogP contribution in [-0.4, -0.2) is 15.0 Å². The van der Waals surface area contributed by atoms with E-state index in [-0.39, 0.29) is 0 Å². The van der Waals surface area contributed by atoms with Crippen LogP contribution in [0.25, 0.3) is 98.9 Å². The molecule has 9 aromatic carbocycles. The average molecular weight is 800 g/mol. The third kappa shape index (κ3) is 5.23. The lowest BCUT2D eigenvalue weighted by molar-refractivity contribution is 0.769. The minimum absolute atomic E-state index is 0.483. The van der Waals surface area contributed by atoms with E-state index >= 15 is 0 Å². The molecule has 0 atom stereocenters. The van der Waals surface area contributed by atoms with E-state index in [2.05, 4.69) is 200 Å². The molecular formula is C60H37N3. The second-order valence-corrected chi connectivity index (χ2v) is 16.6. The molecule has 63 heavy (non-hydrogen) atoms. The monoisotopic (exact) mass is 799 g/mol. The molecule has 0 bridgehead atoms. The normalized spacial score (nSPS) is 12.9. The van der Waals surface area contributed by atoms with E-state index < -0.39 is 5.41 Å². The van der Waals surface area contributed by atoms with Crippen molar-refractivity contribution in [3.8, 4) is 44.6 Å². The number of hydrogen-bond donors (Lipinski definition) is 0. The van der Waals surface area contributed by atoms with Gasteiger partial charge in [0.25, 0.3) is 0 Å². The second-order valence-electron chi connectivity index (χ2n) is 16.6. The Morgan fingerprint density at radius 2 is 0.921 bits per heavy atom. The summed E-state index contributed by atoms with van der Waals surface area (Å²) in [5.41, 5.74) is 16.7. The van der Waals surface area contributed by atoms with E-state index in [1.807, 2.05) is 24.5 Å². The van der Waals surface area contributed by atoms with Crippen LogP contribution in [0.4, 0.5) is 0 Å². The minimum atomic E-state index is -0.483. The summed E-state index contributed by atoms with van der Waals surface area (Å²) in [6, 6.07) is 77.4. The van der Waals surface area contributed by atoms with Gasteiger partial charge in [-0.15, -0.1) is 0 Å². The van der Waals surface area contributed by atoms with Crippen LogP contribution in [0.2, 0.25) is 0 Å². The number of hydrogen-bond acceptors (Lipinski definition) is 3. The summed E-state index contributed by atoms with van der Waals surface area (Å²) in [7, 11) is 0. The first-order chi connectivity index (χ1) is 31.3. The van der Waals surface area contributed by atoms with E-state index in [4.69, 9.17) is 15.0 Å². The molecule has 3 heteroatoms. The van der Waals surface area contributed by atoms with Crippen molar-refractivity contribution < 1.29 is 0 Å². The zero-order valence-corrected chi connectivity index (χ0v) is 34.2. The highest BCUT2D eigenvalue weighted by Crippen LogP contribution is 2.57. The van der Waals surface area contributed by atoms with Gasteiger partial charge in [0.15, 0.2) is 0 Å². The maximum atomic E-state index is 5.44. The van der Waals surface area contributed by atoms with Crippen LogP contribution in [0.3, 0.4) is 0 Å². The van der Waals surface area contributed by atoms with E-state index in [0.717, 1.165) is 60.5 Å². The molecule has 0 radical (unpaired) electrons. The van der Waals surface area contributed by atoms with Crippen molar-refractivity contribution in [1.82, 2.24) is 15.0 Å². The van der Waals surface area contributed by atoms with Crippen molar-refractivity contribution in [2.45, 2.75) is 5.41 Å². The lowest BCUT2D eigenvalue weighted by Gasteiger charge is -2.34. The molecule has 0 N–H and O–H groups in total. The van der Waals surface area contributed by atoms with Gasteiger partial charge in [-0.25, -0.2) is 4.98 Å². The van der Waals surface area contributed by atoms with Crippen LogP contribution in [0.15, 0.2) is 225 Å². The van der Waals surface area contributed by atoms with Crippen molar-refractivity contribution in [3.63, 3.8) is 0 Å². The van der Waals surface area contributed by atoms with Gasteiger partial charge in [-0.1, -0.05) is 176 Å². The Bertz CT molecular complexity index is 3740. The summed E-state index contributed by atoms with van der Waals surface area (Å²) >= 11 is 0. The van der Waals surface area contributed by atoms with Crippen molar-refractivity contribution in [3.05, 3.63) is 247 Å². The first kappa shape index (κ1) is 35.5. The molecule has 13 rings (SSSR count). The van der Waals surface area contributed by atoms with Crippen molar-refractivity contribution >= 4 is 54.3 Å². The predicted octanol–water partition coefficient (Wildman–Crippen LogP) is 15.0. The molecule has 292 valence electrons. The van der Waals surface area contributed by atoms with E-state index in [1.165, 1.54) is 60.7 Å². The third-order valence-electron chi connectivity index (χ3n) is 13.4. The summed E-state index contributed by atoms with van der Waals surface area (Å²) in [6.07, 6.45) is 3.70. The van der Waals surface area contributed by atoms with Gasteiger partial charge in [-0.2, -0.15) is 0 Å². The molecule has 3 nitrogen and oxygen atoms in total. The first-order valence-corrected chi connectivity index (χ1v) is 21.6. The summed E-state index contributed by atoms with van der Waals surface area (Å²) in [5, 5.41) is 8.09. The summed E-state index contributed by atoms with van der Waals surface area (Å²) in [4.78, 5) is 14.9. The van der Waals surface area contributed by atoms with Crippen LogP contribution >= 0.6 is 0 Å². The molecule has 0 spiro atoms. The fourth-order valence-corrected chi connectivity index (χ4v) is 10.7. The smallest absolute Gasteiger partial charge is 0.0970 e. The van der Waals surface area contributed by atoms with E-state index in [0.29, 0.717) is 0 Å². The average Bonchev–Trinajstić information content (AvgIpc) is 3.65. The van der Waals surface area contributed by atoms with Gasteiger partial charge < -0.3 is 0 Å². The molecule has 12 aromatic rings. The Morgan fingerprint density at radius 3 is 1.70 bits per heavy atom. The Kier molecular flexibility index (Phi) is 7.82. The van der Waals surface area contributed by atoms with Crippen LogP contribution in [0.5, 0.6) is 0 Å². The van der Waals surface area contributed by atoms with Gasteiger partial charge in [0.1, 0.15) is 0 Å². The van der Waals surface area contributed by atoms with Crippen molar-refractivity contribution in [2.24, 2.45) is 0 Å². The van der Waals surface area contributed by atoms with Crippen molar-refractivity contribution in [2.75, 3.05) is 0 Å². The topological polar surface area (TPSA) is 38.7 Å². The Balaban J connectivity index is 0.989. The summed E-state index contributed by atoms with van der Waals surface area (Å²) < 4.78 is 0. The lowest BCUT2D eigenvalue weighted by atomic mass is 9.67. The summed E-state index contributed by atoms with van der Waals surface area (Å²) in [5.74, 6) is 0. The first-order valence-electron chi connectivity index (χ1n) is 21.6. The highest BCUT2D eigenvalue weighted by molar-refractivity contribution is 6.16. The van der Waals surface area contributed by atoms with Gasteiger partial charge in [0.05, 0.1) is 27.7 Å². The van der Waals surface area contributed by atoms with Crippen LogP contribution in [-0.2, 0) is 5.41 Å². The molecule has 0 fully saturated rings. The standard InChI is InChI=1S/C60H37N3/c1-3-16-41(17-4-1)60(42-18-5-2-6-19-42)54-25-11-9-22-47(54)52-36-53-51(37-55(52)60)48-23-10-12-26-56(48)63-57(53)39-29-27-38(28-30-39)43-31-32-46(45-21-8-7-20-44(43)45)50-35-40-15-13-33-61-58(40)59-49(50)24-14-34-62-59/h1-37H. The Morgan fingerprint density at radius 1 is 0.317 bits per heavy atom. The SMILES string of the molecule is c1ccc(C2(c3ccccc3)c3ccccc3-c3cc4c(-c5ccc(-c6ccc(-c7cc8cccnc8c8ncccc78)c7ccccc67)cc5)nc5ccccc5c4cc32)cc1. The van der Waals surface area contributed by atoms with Gasteiger partial charge in [-0.05, 0) is 108 Å². The zero-order chi connectivity index (χ0) is 41.5. The Hall–Kier alpha value is -8.27. The minimum Gasteiger partial charge on any atom is -0.254 e. The highest BCUT2D eigenvalue weighted by Gasteiger charge is 2.46. The van der Waals surface area contributed by atoms with E-state index in [1.54, 1.807) is 0 Å². The second kappa shape index (κ2) is 13.9. The number of rotatable bonds is 5. The molecule has 3 heterocycles. The van der Waals surface area contributed by atoms with Gasteiger partial charge in [0.2, 0.25) is 0 Å². The fourth-order valence-electron chi connectivity index (χ4n) is 10.7. The third-order valence-corrected chi connectivity index (χ3v) is 13.4. The molecular weight excluding hydrogens is 763 g/mol. The maximum absolute atomic E-state index is 5.44. The highest BCUT2D eigenvalue weighted by atomic mass is 14.7. The number of aromatic nitrogens is 3. The van der Waals surface area contributed by atoms with Gasteiger partial charge in [0, 0.05) is 39.5 Å². The number of para-hydroxylation sites is 1. The fraction of sp³-hybridized carbons (Fsp3) is 0.0167. The van der Waals surface area contributed by atoms with Crippen LogP contribution < -0.4 is 0 Å².